The SMILES string of the molecule is Cc1ccc(C)c(C(C)NC(C)c2csc(Cl)c2)c1. The number of hydrogen-bond acceptors (Lipinski definition) is 2. The lowest BCUT2D eigenvalue weighted by molar-refractivity contribution is 0.494. The molecule has 0 radical (unpaired) electrons. The van der Waals surface area contributed by atoms with Crippen molar-refractivity contribution < 1.29 is 0 Å². The number of thiophene rings is 1. The van der Waals surface area contributed by atoms with Gasteiger partial charge in [-0.05, 0) is 55.8 Å². The van der Waals surface area contributed by atoms with E-state index in [0.717, 1.165) is 4.34 Å². The van der Waals surface area contributed by atoms with Crippen LogP contribution in [0.1, 0.15) is 48.2 Å². The van der Waals surface area contributed by atoms with Crippen LogP contribution in [0.15, 0.2) is 29.6 Å². The lowest BCUT2D eigenvalue weighted by Crippen LogP contribution is -2.22. The molecule has 2 atom stereocenters. The molecule has 0 saturated heterocycles. The normalized spacial score (nSPS) is 14.4. The number of aryl methyl sites for hydroxylation is 2. The summed E-state index contributed by atoms with van der Waals surface area (Å²) in [4.78, 5) is 0. The van der Waals surface area contributed by atoms with Crippen molar-refractivity contribution in [3.8, 4) is 0 Å². The standard InChI is InChI=1S/C16H20ClNS/c1-10-5-6-11(2)15(7-10)13(4)18-12(3)14-8-16(17)19-9-14/h5-9,12-13,18H,1-4H3. The molecule has 1 heterocycles. The van der Waals surface area contributed by atoms with Gasteiger partial charge in [0.2, 0.25) is 0 Å². The third kappa shape index (κ3) is 3.59. The summed E-state index contributed by atoms with van der Waals surface area (Å²) in [5.41, 5.74) is 5.27. The van der Waals surface area contributed by atoms with Crippen LogP contribution >= 0.6 is 22.9 Å². The molecular weight excluding hydrogens is 274 g/mol. The molecule has 19 heavy (non-hydrogen) atoms. The maximum Gasteiger partial charge on any atom is 0.0931 e. The Morgan fingerprint density at radius 2 is 1.84 bits per heavy atom. The molecule has 0 bridgehead atoms. The highest BCUT2D eigenvalue weighted by molar-refractivity contribution is 7.14. The van der Waals surface area contributed by atoms with Gasteiger partial charge in [-0.1, -0.05) is 35.4 Å². The first-order valence-electron chi connectivity index (χ1n) is 6.54. The van der Waals surface area contributed by atoms with Gasteiger partial charge in [-0.15, -0.1) is 11.3 Å². The Morgan fingerprint density at radius 1 is 1.11 bits per heavy atom. The van der Waals surface area contributed by atoms with Crippen LogP contribution in [0.4, 0.5) is 0 Å². The van der Waals surface area contributed by atoms with Gasteiger partial charge in [0.05, 0.1) is 4.34 Å². The van der Waals surface area contributed by atoms with E-state index >= 15 is 0 Å². The van der Waals surface area contributed by atoms with Crippen molar-refractivity contribution in [1.29, 1.82) is 0 Å². The molecule has 0 fully saturated rings. The number of nitrogens with one attached hydrogen (secondary N) is 1. The molecule has 3 heteroatoms. The molecule has 1 nitrogen and oxygen atoms in total. The van der Waals surface area contributed by atoms with Crippen LogP contribution in [-0.2, 0) is 0 Å². The third-order valence-electron chi connectivity index (χ3n) is 3.49. The quantitative estimate of drug-likeness (QED) is 0.792. The molecule has 0 amide bonds. The van der Waals surface area contributed by atoms with Crippen LogP contribution in [-0.4, -0.2) is 0 Å². The van der Waals surface area contributed by atoms with Crippen LogP contribution < -0.4 is 5.32 Å². The van der Waals surface area contributed by atoms with E-state index in [1.54, 1.807) is 11.3 Å². The minimum atomic E-state index is 0.304. The van der Waals surface area contributed by atoms with Gasteiger partial charge in [0.15, 0.2) is 0 Å². The highest BCUT2D eigenvalue weighted by Crippen LogP contribution is 2.27. The van der Waals surface area contributed by atoms with Gasteiger partial charge in [0.25, 0.3) is 0 Å². The van der Waals surface area contributed by atoms with Crippen LogP contribution in [0.5, 0.6) is 0 Å². The molecule has 1 aromatic heterocycles. The summed E-state index contributed by atoms with van der Waals surface area (Å²) < 4.78 is 0.850. The Kier molecular flexibility index (Phi) is 4.67. The van der Waals surface area contributed by atoms with Crippen LogP contribution in [0.3, 0.4) is 0 Å². The first-order valence-corrected chi connectivity index (χ1v) is 7.80. The Labute approximate surface area is 124 Å². The first kappa shape index (κ1) is 14.6. The monoisotopic (exact) mass is 293 g/mol. The lowest BCUT2D eigenvalue weighted by atomic mass is 9.99. The van der Waals surface area contributed by atoms with E-state index in [1.165, 1.54) is 22.3 Å². The number of hydrogen-bond donors (Lipinski definition) is 1. The average molecular weight is 294 g/mol. The lowest BCUT2D eigenvalue weighted by Gasteiger charge is -2.21. The molecule has 1 aromatic carbocycles. The van der Waals surface area contributed by atoms with Gasteiger partial charge < -0.3 is 5.32 Å². The summed E-state index contributed by atoms with van der Waals surface area (Å²) >= 11 is 7.58. The zero-order chi connectivity index (χ0) is 14.0. The van der Waals surface area contributed by atoms with Crippen molar-refractivity contribution in [2.75, 3.05) is 0 Å². The van der Waals surface area contributed by atoms with Gasteiger partial charge in [-0.2, -0.15) is 0 Å². The predicted octanol–water partition coefficient (Wildman–Crippen LogP) is 5.43. The van der Waals surface area contributed by atoms with Crippen molar-refractivity contribution in [1.82, 2.24) is 5.32 Å². The van der Waals surface area contributed by atoms with Crippen molar-refractivity contribution in [3.63, 3.8) is 0 Å². The van der Waals surface area contributed by atoms with Crippen LogP contribution in [0.25, 0.3) is 0 Å². The maximum atomic E-state index is 5.99. The molecule has 0 spiro atoms. The van der Waals surface area contributed by atoms with Gasteiger partial charge >= 0.3 is 0 Å². The van der Waals surface area contributed by atoms with Gasteiger partial charge in [-0.25, -0.2) is 0 Å². The fourth-order valence-corrected chi connectivity index (χ4v) is 3.32. The van der Waals surface area contributed by atoms with E-state index in [0.29, 0.717) is 12.1 Å². The smallest absolute Gasteiger partial charge is 0.0931 e. The predicted molar refractivity (Wildman–Crippen MR) is 85.2 cm³/mol. The minimum Gasteiger partial charge on any atom is -0.304 e. The van der Waals surface area contributed by atoms with E-state index in [4.69, 9.17) is 11.6 Å². The van der Waals surface area contributed by atoms with Crippen molar-refractivity contribution >= 4 is 22.9 Å². The molecule has 1 N–H and O–H groups in total. The largest absolute Gasteiger partial charge is 0.304 e. The molecule has 2 aromatic rings. The third-order valence-corrected chi connectivity index (χ3v) is 4.60. The van der Waals surface area contributed by atoms with E-state index < -0.39 is 0 Å². The second-order valence-electron chi connectivity index (χ2n) is 5.15. The minimum absolute atomic E-state index is 0.304. The summed E-state index contributed by atoms with van der Waals surface area (Å²) in [6, 6.07) is 9.29. The Balaban J connectivity index is 2.12. The van der Waals surface area contributed by atoms with Gasteiger partial charge in [0, 0.05) is 12.1 Å². The van der Waals surface area contributed by atoms with E-state index in [-0.39, 0.29) is 0 Å². The molecule has 0 aliphatic carbocycles. The summed E-state index contributed by atoms with van der Waals surface area (Å²) in [5.74, 6) is 0. The first-order chi connectivity index (χ1) is 8.97. The van der Waals surface area contributed by atoms with Crippen molar-refractivity contribution in [2.24, 2.45) is 0 Å². The van der Waals surface area contributed by atoms with E-state index in [2.05, 4.69) is 56.6 Å². The number of rotatable bonds is 4. The number of benzene rings is 1. The van der Waals surface area contributed by atoms with Gasteiger partial charge in [0.1, 0.15) is 0 Å². The second-order valence-corrected chi connectivity index (χ2v) is 6.70. The Morgan fingerprint density at radius 3 is 2.47 bits per heavy atom. The van der Waals surface area contributed by atoms with Crippen LogP contribution in [0, 0.1) is 13.8 Å². The van der Waals surface area contributed by atoms with Gasteiger partial charge in [-0.3, -0.25) is 0 Å². The van der Waals surface area contributed by atoms with Crippen molar-refractivity contribution in [3.05, 3.63) is 56.2 Å². The zero-order valence-electron chi connectivity index (χ0n) is 11.8. The summed E-state index contributed by atoms with van der Waals surface area (Å²) in [5, 5.41) is 5.76. The second kappa shape index (κ2) is 6.08. The molecule has 0 aliphatic heterocycles. The average Bonchev–Trinajstić information content (AvgIpc) is 2.79. The molecule has 0 aliphatic rings. The zero-order valence-corrected chi connectivity index (χ0v) is 13.4. The summed E-state index contributed by atoms with van der Waals surface area (Å²) in [6.07, 6.45) is 0. The summed E-state index contributed by atoms with van der Waals surface area (Å²) in [6.45, 7) is 8.70. The highest BCUT2D eigenvalue weighted by Gasteiger charge is 2.14. The summed E-state index contributed by atoms with van der Waals surface area (Å²) in [7, 11) is 0. The topological polar surface area (TPSA) is 12.0 Å². The van der Waals surface area contributed by atoms with E-state index in [1.807, 2.05) is 6.07 Å². The Bertz CT molecular complexity index is 562. The fraction of sp³-hybridized carbons (Fsp3) is 0.375. The molecule has 102 valence electrons. The molecular formula is C16H20ClNS. The van der Waals surface area contributed by atoms with E-state index in [9.17, 15) is 0 Å². The maximum absolute atomic E-state index is 5.99. The number of halogens is 1. The Hall–Kier alpha value is -0.830. The van der Waals surface area contributed by atoms with Crippen LogP contribution in [0.2, 0.25) is 4.34 Å². The molecule has 2 unspecified atom stereocenters. The molecule has 2 rings (SSSR count). The highest BCUT2D eigenvalue weighted by atomic mass is 35.5. The fourth-order valence-electron chi connectivity index (χ4n) is 2.34. The molecule has 0 saturated carbocycles. The van der Waals surface area contributed by atoms with Crippen molar-refractivity contribution in [2.45, 2.75) is 39.8 Å².